The van der Waals surface area contributed by atoms with Crippen LogP contribution in [0, 0.1) is 31.5 Å². The topological polar surface area (TPSA) is 20.2 Å². The summed E-state index contributed by atoms with van der Waals surface area (Å²) >= 11 is 0. The standard InChI is InChI=1S/C14H19FO/c1-8-6-12(15)7-9(2)13(8)14(16)10(3)11-4-5-11/h6-7,10-11,14,16H,4-5H2,1-3H3. The number of benzene rings is 1. The van der Waals surface area contributed by atoms with Crippen LogP contribution in [0.1, 0.15) is 42.6 Å². The second kappa shape index (κ2) is 4.17. The minimum absolute atomic E-state index is 0.218. The van der Waals surface area contributed by atoms with E-state index in [4.69, 9.17) is 0 Å². The zero-order valence-electron chi connectivity index (χ0n) is 10.1. The molecule has 0 radical (unpaired) electrons. The molecule has 1 nitrogen and oxygen atoms in total. The fraction of sp³-hybridized carbons (Fsp3) is 0.571. The van der Waals surface area contributed by atoms with Gasteiger partial charge in [0.2, 0.25) is 0 Å². The fourth-order valence-corrected chi connectivity index (χ4v) is 2.53. The van der Waals surface area contributed by atoms with E-state index in [1.165, 1.54) is 25.0 Å². The Bertz CT molecular complexity index is 373. The lowest BCUT2D eigenvalue weighted by Gasteiger charge is -2.22. The zero-order chi connectivity index (χ0) is 11.9. The van der Waals surface area contributed by atoms with Crippen molar-refractivity contribution in [2.45, 2.75) is 39.7 Å². The molecule has 2 atom stereocenters. The Hall–Kier alpha value is -0.890. The number of aliphatic hydroxyl groups excluding tert-OH is 1. The maximum Gasteiger partial charge on any atom is 0.123 e. The van der Waals surface area contributed by atoms with Crippen molar-refractivity contribution in [1.29, 1.82) is 0 Å². The smallest absolute Gasteiger partial charge is 0.123 e. The van der Waals surface area contributed by atoms with Crippen LogP contribution in [0.25, 0.3) is 0 Å². The zero-order valence-corrected chi connectivity index (χ0v) is 10.1. The molecule has 0 aromatic heterocycles. The van der Waals surface area contributed by atoms with E-state index in [1.807, 2.05) is 13.8 Å². The first-order valence-corrected chi connectivity index (χ1v) is 5.95. The van der Waals surface area contributed by atoms with Crippen LogP contribution in [0.2, 0.25) is 0 Å². The van der Waals surface area contributed by atoms with Crippen molar-refractivity contribution < 1.29 is 9.50 Å². The van der Waals surface area contributed by atoms with Crippen molar-refractivity contribution in [3.63, 3.8) is 0 Å². The van der Waals surface area contributed by atoms with Crippen molar-refractivity contribution in [2.24, 2.45) is 11.8 Å². The molecule has 2 unspecified atom stereocenters. The van der Waals surface area contributed by atoms with Gasteiger partial charge in [0.25, 0.3) is 0 Å². The van der Waals surface area contributed by atoms with E-state index >= 15 is 0 Å². The highest BCUT2D eigenvalue weighted by atomic mass is 19.1. The molecule has 0 amide bonds. The summed E-state index contributed by atoms with van der Waals surface area (Å²) < 4.78 is 13.2. The second-order valence-electron chi connectivity index (χ2n) is 5.09. The molecule has 1 saturated carbocycles. The average Bonchev–Trinajstić information content (AvgIpc) is 2.97. The third-order valence-corrected chi connectivity index (χ3v) is 3.72. The molecule has 0 saturated heterocycles. The van der Waals surface area contributed by atoms with Crippen molar-refractivity contribution in [3.8, 4) is 0 Å². The molecule has 2 rings (SSSR count). The molecule has 1 aliphatic carbocycles. The van der Waals surface area contributed by atoms with E-state index in [-0.39, 0.29) is 11.7 Å². The molecule has 2 heteroatoms. The van der Waals surface area contributed by atoms with Gasteiger partial charge in [0.15, 0.2) is 0 Å². The molecule has 1 N–H and O–H groups in total. The summed E-state index contributed by atoms with van der Waals surface area (Å²) in [7, 11) is 0. The first-order valence-electron chi connectivity index (χ1n) is 5.95. The first kappa shape index (κ1) is 11.6. The Morgan fingerprint density at radius 1 is 1.25 bits per heavy atom. The summed E-state index contributed by atoms with van der Waals surface area (Å²) in [5.74, 6) is 0.715. The van der Waals surface area contributed by atoms with E-state index < -0.39 is 6.10 Å². The molecule has 0 aliphatic heterocycles. The predicted molar refractivity (Wildman–Crippen MR) is 62.7 cm³/mol. The predicted octanol–water partition coefficient (Wildman–Crippen LogP) is 3.52. The van der Waals surface area contributed by atoms with Crippen molar-refractivity contribution >= 4 is 0 Å². The van der Waals surface area contributed by atoms with Gasteiger partial charge in [0.05, 0.1) is 6.10 Å². The molecule has 16 heavy (non-hydrogen) atoms. The lowest BCUT2D eigenvalue weighted by atomic mass is 9.88. The minimum Gasteiger partial charge on any atom is -0.388 e. The third-order valence-electron chi connectivity index (χ3n) is 3.72. The van der Waals surface area contributed by atoms with Crippen LogP contribution in [-0.4, -0.2) is 5.11 Å². The molecule has 88 valence electrons. The van der Waals surface area contributed by atoms with Gasteiger partial charge in [0.1, 0.15) is 5.82 Å². The van der Waals surface area contributed by atoms with E-state index in [2.05, 4.69) is 6.92 Å². The number of rotatable bonds is 3. The van der Waals surface area contributed by atoms with Crippen LogP contribution < -0.4 is 0 Å². The van der Waals surface area contributed by atoms with Crippen LogP contribution in [0.3, 0.4) is 0 Å². The van der Waals surface area contributed by atoms with Gasteiger partial charge in [-0.3, -0.25) is 0 Å². The summed E-state index contributed by atoms with van der Waals surface area (Å²) in [4.78, 5) is 0. The van der Waals surface area contributed by atoms with Crippen LogP contribution in [0.4, 0.5) is 4.39 Å². The SMILES string of the molecule is Cc1cc(F)cc(C)c1C(O)C(C)C1CC1. The second-order valence-corrected chi connectivity index (χ2v) is 5.09. The Balaban J connectivity index is 2.31. The molecule has 1 aliphatic rings. The number of hydrogen-bond acceptors (Lipinski definition) is 1. The van der Waals surface area contributed by atoms with Gasteiger partial charge in [-0.05, 0) is 67.3 Å². The van der Waals surface area contributed by atoms with Crippen molar-refractivity contribution in [3.05, 3.63) is 34.6 Å². The normalized spacial score (nSPS) is 19.6. The lowest BCUT2D eigenvalue weighted by molar-refractivity contribution is 0.104. The maximum atomic E-state index is 13.2. The van der Waals surface area contributed by atoms with Crippen LogP contribution in [0.15, 0.2) is 12.1 Å². The molecule has 0 spiro atoms. The lowest BCUT2D eigenvalue weighted by Crippen LogP contribution is -2.14. The van der Waals surface area contributed by atoms with Gasteiger partial charge >= 0.3 is 0 Å². The molecule has 1 aromatic carbocycles. The molecule has 0 bridgehead atoms. The summed E-state index contributed by atoms with van der Waals surface area (Å²) in [6.45, 7) is 5.83. The monoisotopic (exact) mass is 222 g/mol. The largest absolute Gasteiger partial charge is 0.388 e. The molecular formula is C14H19FO. The molecule has 0 heterocycles. The highest BCUT2D eigenvalue weighted by Gasteiger charge is 2.34. The number of hydrogen-bond donors (Lipinski definition) is 1. The van der Waals surface area contributed by atoms with Gasteiger partial charge < -0.3 is 5.11 Å². The Labute approximate surface area is 96.3 Å². The van der Waals surface area contributed by atoms with Gasteiger partial charge in [-0.2, -0.15) is 0 Å². The van der Waals surface area contributed by atoms with Crippen LogP contribution in [-0.2, 0) is 0 Å². The van der Waals surface area contributed by atoms with Gasteiger partial charge in [-0.25, -0.2) is 4.39 Å². The first-order chi connectivity index (χ1) is 7.50. The van der Waals surface area contributed by atoms with Crippen LogP contribution in [0.5, 0.6) is 0 Å². The van der Waals surface area contributed by atoms with Gasteiger partial charge in [-0.1, -0.05) is 6.92 Å². The van der Waals surface area contributed by atoms with Crippen molar-refractivity contribution in [2.75, 3.05) is 0 Å². The van der Waals surface area contributed by atoms with Crippen LogP contribution >= 0.6 is 0 Å². The van der Waals surface area contributed by atoms with E-state index in [0.29, 0.717) is 5.92 Å². The minimum atomic E-state index is -0.451. The summed E-state index contributed by atoms with van der Waals surface area (Å²) in [6.07, 6.45) is 1.99. The molecule has 1 fully saturated rings. The van der Waals surface area contributed by atoms with E-state index in [1.54, 1.807) is 0 Å². The van der Waals surface area contributed by atoms with Crippen molar-refractivity contribution in [1.82, 2.24) is 0 Å². The third kappa shape index (κ3) is 2.12. The van der Waals surface area contributed by atoms with Gasteiger partial charge in [0, 0.05) is 0 Å². The quantitative estimate of drug-likeness (QED) is 0.829. The molecule has 1 aromatic rings. The highest BCUT2D eigenvalue weighted by Crippen LogP contribution is 2.43. The number of halogens is 1. The maximum absolute atomic E-state index is 13.2. The summed E-state index contributed by atoms with van der Waals surface area (Å²) in [6, 6.07) is 3.01. The Morgan fingerprint density at radius 2 is 1.75 bits per heavy atom. The summed E-state index contributed by atoms with van der Waals surface area (Å²) in [5, 5.41) is 10.3. The Kier molecular flexibility index (Phi) is 3.02. The van der Waals surface area contributed by atoms with E-state index in [0.717, 1.165) is 16.7 Å². The van der Waals surface area contributed by atoms with E-state index in [9.17, 15) is 9.50 Å². The number of aryl methyl sites for hydroxylation is 2. The summed E-state index contributed by atoms with van der Waals surface area (Å²) in [5.41, 5.74) is 2.64. The number of aliphatic hydroxyl groups is 1. The fourth-order valence-electron chi connectivity index (χ4n) is 2.53. The molecular weight excluding hydrogens is 203 g/mol. The highest BCUT2D eigenvalue weighted by molar-refractivity contribution is 5.36. The van der Waals surface area contributed by atoms with Gasteiger partial charge in [-0.15, -0.1) is 0 Å². The Morgan fingerprint density at radius 3 is 2.19 bits per heavy atom. The average molecular weight is 222 g/mol.